The van der Waals surface area contributed by atoms with E-state index in [9.17, 15) is 4.79 Å². The predicted octanol–water partition coefficient (Wildman–Crippen LogP) is 1.99. The quantitative estimate of drug-likeness (QED) is 0.540. The average molecular weight is 336 g/mol. The lowest BCUT2D eigenvalue weighted by molar-refractivity contribution is 0.256. The summed E-state index contributed by atoms with van der Waals surface area (Å²) < 4.78 is 1.58. The molecule has 0 aliphatic heterocycles. The third-order valence-corrected chi connectivity index (χ3v) is 3.50. The monoisotopic (exact) mass is 334 g/mol. The van der Waals surface area contributed by atoms with Gasteiger partial charge in [0.1, 0.15) is 0 Å². The zero-order chi connectivity index (χ0) is 11.6. The minimum absolute atomic E-state index is 0.420. The van der Waals surface area contributed by atoms with Gasteiger partial charge in [0.15, 0.2) is 0 Å². The third kappa shape index (κ3) is 2.69. The van der Waals surface area contributed by atoms with E-state index < -0.39 is 12.0 Å². The molecule has 15 heavy (non-hydrogen) atoms. The van der Waals surface area contributed by atoms with Crippen LogP contribution >= 0.6 is 31.9 Å². The topological polar surface area (TPSA) is 96.2 Å². The molecule has 1 rings (SSSR count). The third-order valence-electron chi connectivity index (χ3n) is 1.62. The van der Waals surface area contributed by atoms with Crippen molar-refractivity contribution in [3.8, 4) is 0 Å². The summed E-state index contributed by atoms with van der Waals surface area (Å²) in [5, 5.41) is 7.22. The van der Waals surface area contributed by atoms with Crippen LogP contribution in [0.15, 0.2) is 27.1 Å². The molecule has 5 N–H and O–H groups in total. The second kappa shape index (κ2) is 4.63. The molecule has 7 heteroatoms. The van der Waals surface area contributed by atoms with E-state index >= 15 is 0 Å². The van der Waals surface area contributed by atoms with Gasteiger partial charge in [0.25, 0.3) is 0 Å². The molecule has 0 unspecified atom stereocenters. The highest BCUT2D eigenvalue weighted by molar-refractivity contribution is 9.13. The molecule has 5 nitrogen and oxygen atoms in total. The van der Waals surface area contributed by atoms with Crippen molar-refractivity contribution in [2.24, 2.45) is 11.5 Å². The molecule has 0 bridgehead atoms. The van der Waals surface area contributed by atoms with Crippen molar-refractivity contribution in [1.29, 1.82) is 5.41 Å². The highest BCUT2D eigenvalue weighted by Gasteiger charge is 2.15. The van der Waals surface area contributed by atoms with Gasteiger partial charge in [-0.1, -0.05) is 0 Å². The van der Waals surface area contributed by atoms with Gasteiger partial charge in [0.05, 0.1) is 5.69 Å². The van der Waals surface area contributed by atoms with Crippen LogP contribution in [0.2, 0.25) is 0 Å². The van der Waals surface area contributed by atoms with E-state index in [2.05, 4.69) is 31.9 Å². The van der Waals surface area contributed by atoms with Gasteiger partial charge in [-0.15, -0.1) is 0 Å². The number of amides is 2. The number of nitrogens with one attached hydrogen (secondary N) is 1. The Morgan fingerprint density at radius 3 is 2.27 bits per heavy atom. The summed E-state index contributed by atoms with van der Waals surface area (Å²) >= 11 is 6.56. The summed E-state index contributed by atoms with van der Waals surface area (Å²) in [5.74, 6) is -0.420. The minimum atomic E-state index is -0.795. The number of urea groups is 1. The largest absolute Gasteiger partial charge is 0.369 e. The fourth-order valence-corrected chi connectivity index (χ4v) is 1.62. The Morgan fingerprint density at radius 1 is 1.27 bits per heavy atom. The first-order chi connectivity index (χ1) is 6.93. The first-order valence-corrected chi connectivity index (χ1v) is 5.40. The molecule has 0 aromatic heterocycles. The van der Waals surface area contributed by atoms with Gasteiger partial charge in [-0.2, -0.15) is 0 Å². The average Bonchev–Trinajstić information content (AvgIpc) is 2.10. The molecule has 0 spiro atoms. The number of primary amides is 1. The van der Waals surface area contributed by atoms with Crippen LogP contribution in [0.1, 0.15) is 0 Å². The van der Waals surface area contributed by atoms with Gasteiger partial charge in [0, 0.05) is 8.95 Å². The van der Waals surface area contributed by atoms with Crippen molar-refractivity contribution in [3.05, 3.63) is 27.1 Å². The molecular formula is C8H8Br2N4O. The van der Waals surface area contributed by atoms with E-state index in [1.165, 1.54) is 0 Å². The summed E-state index contributed by atoms with van der Waals surface area (Å²) in [7, 11) is 0. The van der Waals surface area contributed by atoms with Gasteiger partial charge in [0.2, 0.25) is 5.96 Å². The maximum Gasteiger partial charge on any atom is 0.326 e. The number of anilines is 1. The maximum atomic E-state index is 11.0. The van der Waals surface area contributed by atoms with Crippen molar-refractivity contribution in [2.45, 2.75) is 0 Å². The second-order valence-corrected chi connectivity index (χ2v) is 4.37. The van der Waals surface area contributed by atoms with E-state index in [0.29, 0.717) is 5.69 Å². The number of nitrogens with two attached hydrogens (primary N) is 2. The second-order valence-electron chi connectivity index (χ2n) is 2.66. The summed E-state index contributed by atoms with van der Waals surface area (Å²) in [6.45, 7) is 0. The lowest BCUT2D eigenvalue weighted by Gasteiger charge is -2.18. The molecule has 0 aliphatic rings. The Labute approximate surface area is 103 Å². The highest BCUT2D eigenvalue weighted by Crippen LogP contribution is 2.27. The Morgan fingerprint density at radius 2 is 1.87 bits per heavy atom. The molecule has 80 valence electrons. The number of carbonyl (C=O) groups is 1. The number of rotatable bonds is 1. The van der Waals surface area contributed by atoms with Crippen LogP contribution < -0.4 is 16.4 Å². The zero-order valence-electron chi connectivity index (χ0n) is 7.50. The van der Waals surface area contributed by atoms with E-state index in [-0.39, 0.29) is 0 Å². The molecule has 0 fully saturated rings. The zero-order valence-corrected chi connectivity index (χ0v) is 10.7. The molecule has 1 aromatic carbocycles. The number of carbonyl (C=O) groups excluding carboxylic acids is 1. The van der Waals surface area contributed by atoms with Crippen LogP contribution in [0.5, 0.6) is 0 Å². The number of hydrogen-bond acceptors (Lipinski definition) is 2. The summed E-state index contributed by atoms with van der Waals surface area (Å²) in [5.41, 5.74) is 10.8. The van der Waals surface area contributed by atoms with E-state index in [1.807, 2.05) is 0 Å². The maximum absolute atomic E-state index is 11.0. The van der Waals surface area contributed by atoms with E-state index in [0.717, 1.165) is 13.8 Å². The first-order valence-electron chi connectivity index (χ1n) is 3.82. The number of hydrogen-bond donors (Lipinski definition) is 3. The van der Waals surface area contributed by atoms with Crippen LogP contribution in [0.4, 0.5) is 10.5 Å². The van der Waals surface area contributed by atoms with Crippen LogP contribution in [-0.4, -0.2) is 12.0 Å². The summed E-state index contributed by atoms with van der Waals surface area (Å²) in [4.78, 5) is 11.9. The molecule has 0 radical (unpaired) electrons. The van der Waals surface area contributed by atoms with Gasteiger partial charge in [-0.25, -0.2) is 9.69 Å². The van der Waals surface area contributed by atoms with Crippen LogP contribution in [0.25, 0.3) is 0 Å². The Hall–Kier alpha value is -1.08. The van der Waals surface area contributed by atoms with Gasteiger partial charge >= 0.3 is 6.03 Å². The fraction of sp³-hybridized carbons (Fsp3) is 0. The summed E-state index contributed by atoms with van der Waals surface area (Å²) in [6.07, 6.45) is 0. The molecule has 2 amide bonds. The van der Waals surface area contributed by atoms with Gasteiger partial charge < -0.3 is 11.5 Å². The van der Waals surface area contributed by atoms with Crippen LogP contribution in [0, 0.1) is 5.41 Å². The predicted molar refractivity (Wildman–Crippen MR) is 65.8 cm³/mol. The fourth-order valence-electron chi connectivity index (χ4n) is 1.01. The number of nitrogens with zero attached hydrogens (tertiary/aromatic N) is 1. The standard InChI is InChI=1S/C8H8Br2N4O/c9-5-2-1-4(3-6(5)10)14(7(11)12)8(13)15/h1-3H,(H3,11,12)(H2,13,15). The highest BCUT2D eigenvalue weighted by atomic mass is 79.9. The van der Waals surface area contributed by atoms with E-state index in [1.54, 1.807) is 18.2 Å². The van der Waals surface area contributed by atoms with Gasteiger partial charge in [-0.3, -0.25) is 5.41 Å². The number of halogens is 2. The molecule has 0 atom stereocenters. The van der Waals surface area contributed by atoms with Gasteiger partial charge in [-0.05, 0) is 50.1 Å². The molecule has 0 saturated heterocycles. The molecular weight excluding hydrogens is 328 g/mol. The van der Waals surface area contributed by atoms with Crippen molar-refractivity contribution < 1.29 is 4.79 Å². The Kier molecular flexibility index (Phi) is 3.70. The number of guanidine groups is 1. The molecule has 0 heterocycles. The Balaban J connectivity index is 3.18. The van der Waals surface area contributed by atoms with Crippen LogP contribution in [0.3, 0.4) is 0 Å². The molecule has 0 aliphatic carbocycles. The lowest BCUT2D eigenvalue weighted by atomic mass is 10.3. The summed E-state index contributed by atoms with van der Waals surface area (Å²) in [6, 6.07) is 4.19. The Bertz CT molecular complexity index is 407. The van der Waals surface area contributed by atoms with Crippen molar-refractivity contribution in [2.75, 3.05) is 4.90 Å². The normalized spacial score (nSPS) is 9.73. The smallest absolute Gasteiger partial charge is 0.326 e. The lowest BCUT2D eigenvalue weighted by Crippen LogP contribution is -2.44. The first kappa shape index (κ1) is 12.0. The SMILES string of the molecule is N=C(N)N(C(N)=O)c1ccc(Br)c(Br)c1. The van der Waals surface area contributed by atoms with Crippen LogP contribution in [-0.2, 0) is 0 Å². The molecule has 1 aromatic rings. The molecule has 0 saturated carbocycles. The van der Waals surface area contributed by atoms with E-state index in [4.69, 9.17) is 16.9 Å². The minimum Gasteiger partial charge on any atom is -0.369 e. The van der Waals surface area contributed by atoms with Crippen molar-refractivity contribution >= 4 is 49.5 Å². The van der Waals surface area contributed by atoms with Crippen molar-refractivity contribution in [1.82, 2.24) is 0 Å². The number of benzene rings is 1. The van der Waals surface area contributed by atoms with Crippen molar-refractivity contribution in [3.63, 3.8) is 0 Å².